The maximum absolute atomic E-state index is 11.8. The highest BCUT2D eigenvalue weighted by molar-refractivity contribution is 14.0. The number of amides is 1. The Balaban J connectivity index is 0.00000312. The van der Waals surface area contributed by atoms with Crippen LogP contribution in [0, 0.1) is 0 Å². The number of carbonyl (C=O) groups is 1. The molecule has 0 aromatic carbocycles. The van der Waals surface area contributed by atoms with Crippen LogP contribution in [0.15, 0.2) is 22.5 Å². The Labute approximate surface area is 176 Å². The van der Waals surface area contributed by atoms with Crippen molar-refractivity contribution in [3.05, 3.63) is 22.4 Å². The molecular weight excluding hydrogens is 467 g/mol. The van der Waals surface area contributed by atoms with Crippen molar-refractivity contribution in [1.82, 2.24) is 15.5 Å². The second kappa shape index (κ2) is 12.0. The number of aliphatic imine (C=N–C) groups is 1. The number of guanidine groups is 1. The number of thioether (sulfide) groups is 1. The van der Waals surface area contributed by atoms with E-state index >= 15 is 0 Å². The van der Waals surface area contributed by atoms with Gasteiger partial charge in [0.25, 0.3) is 0 Å². The summed E-state index contributed by atoms with van der Waals surface area (Å²) in [5, 5.41) is 9.70. The van der Waals surface area contributed by atoms with Gasteiger partial charge in [-0.05, 0) is 37.0 Å². The summed E-state index contributed by atoms with van der Waals surface area (Å²) in [4.78, 5) is 19.2. The van der Waals surface area contributed by atoms with Gasteiger partial charge in [0.1, 0.15) is 6.54 Å². The largest absolute Gasteiger partial charge is 0.354 e. The van der Waals surface area contributed by atoms with E-state index in [1.54, 1.807) is 30.3 Å². The molecule has 25 heavy (non-hydrogen) atoms. The number of carbonyl (C=O) groups excluding carboxylic acids is 1. The predicted octanol–water partition coefficient (Wildman–Crippen LogP) is 3.16. The van der Waals surface area contributed by atoms with E-state index < -0.39 is 0 Å². The molecule has 2 atom stereocenters. The van der Waals surface area contributed by atoms with Gasteiger partial charge in [-0.1, -0.05) is 12.5 Å². The van der Waals surface area contributed by atoms with Gasteiger partial charge in [-0.3, -0.25) is 4.79 Å². The Morgan fingerprint density at radius 3 is 2.88 bits per heavy atom. The van der Waals surface area contributed by atoms with Gasteiger partial charge in [0.05, 0.1) is 6.54 Å². The molecule has 1 aromatic rings. The Bertz CT molecular complexity index is 537. The van der Waals surface area contributed by atoms with E-state index in [1.165, 1.54) is 24.1 Å². The fraction of sp³-hybridized carbons (Fsp3) is 0.647. The molecule has 0 bridgehead atoms. The molecule has 0 saturated heterocycles. The average Bonchev–Trinajstić information content (AvgIpc) is 3.10. The lowest BCUT2D eigenvalue weighted by Gasteiger charge is -2.30. The van der Waals surface area contributed by atoms with Gasteiger partial charge in [0.15, 0.2) is 5.96 Å². The molecule has 1 saturated carbocycles. The van der Waals surface area contributed by atoms with Gasteiger partial charge >= 0.3 is 0 Å². The van der Waals surface area contributed by atoms with Crippen LogP contribution in [0.3, 0.4) is 0 Å². The van der Waals surface area contributed by atoms with E-state index in [9.17, 15) is 4.79 Å². The van der Waals surface area contributed by atoms with E-state index in [4.69, 9.17) is 0 Å². The zero-order valence-corrected chi connectivity index (χ0v) is 19.1. The number of nitrogens with zero attached hydrogens (tertiary/aromatic N) is 2. The SMILES string of the molecule is CSC1CCCC(NC(=NCC(=O)N(C)C)NCc2cccs2)C1.I. The van der Waals surface area contributed by atoms with Crippen LogP contribution in [0.1, 0.15) is 30.6 Å². The Morgan fingerprint density at radius 2 is 2.24 bits per heavy atom. The maximum atomic E-state index is 11.8. The van der Waals surface area contributed by atoms with Crippen LogP contribution in [0.2, 0.25) is 0 Å². The summed E-state index contributed by atoms with van der Waals surface area (Å²) in [6.45, 7) is 0.907. The first-order valence-corrected chi connectivity index (χ1v) is 10.6. The minimum Gasteiger partial charge on any atom is -0.354 e. The van der Waals surface area contributed by atoms with Crippen molar-refractivity contribution in [2.24, 2.45) is 4.99 Å². The molecule has 0 aliphatic heterocycles. The molecule has 8 heteroatoms. The van der Waals surface area contributed by atoms with Crippen LogP contribution in [-0.4, -0.2) is 55.0 Å². The quantitative estimate of drug-likeness (QED) is 0.361. The van der Waals surface area contributed by atoms with Gasteiger partial charge in [-0.2, -0.15) is 11.8 Å². The van der Waals surface area contributed by atoms with Crippen LogP contribution < -0.4 is 10.6 Å². The maximum Gasteiger partial charge on any atom is 0.243 e. The third-order valence-corrected chi connectivity index (χ3v) is 6.15. The summed E-state index contributed by atoms with van der Waals surface area (Å²) in [6, 6.07) is 4.58. The van der Waals surface area contributed by atoms with Crippen molar-refractivity contribution in [3.8, 4) is 0 Å². The normalized spacial score (nSPS) is 20.5. The number of likely N-dealkylation sites (N-methyl/N-ethyl adjacent to an activating group) is 1. The van der Waals surface area contributed by atoms with Crippen LogP contribution in [0.25, 0.3) is 0 Å². The summed E-state index contributed by atoms with van der Waals surface area (Å²) < 4.78 is 0. The summed E-state index contributed by atoms with van der Waals surface area (Å²) in [6.07, 6.45) is 7.05. The molecule has 2 N–H and O–H groups in total. The zero-order chi connectivity index (χ0) is 17.4. The lowest BCUT2D eigenvalue weighted by Crippen LogP contribution is -2.46. The highest BCUT2D eigenvalue weighted by Gasteiger charge is 2.22. The second-order valence-electron chi connectivity index (χ2n) is 6.25. The molecule has 0 spiro atoms. The second-order valence-corrected chi connectivity index (χ2v) is 8.42. The van der Waals surface area contributed by atoms with Gasteiger partial charge in [-0.25, -0.2) is 4.99 Å². The topological polar surface area (TPSA) is 56.7 Å². The third kappa shape index (κ3) is 8.17. The Morgan fingerprint density at radius 1 is 1.44 bits per heavy atom. The van der Waals surface area contributed by atoms with Crippen molar-refractivity contribution in [3.63, 3.8) is 0 Å². The number of rotatable bonds is 6. The van der Waals surface area contributed by atoms with Crippen LogP contribution >= 0.6 is 47.1 Å². The highest BCUT2D eigenvalue weighted by atomic mass is 127. The van der Waals surface area contributed by atoms with Crippen molar-refractivity contribution >= 4 is 58.9 Å². The number of hydrogen-bond donors (Lipinski definition) is 2. The number of nitrogens with one attached hydrogen (secondary N) is 2. The average molecular weight is 496 g/mol. The summed E-state index contributed by atoms with van der Waals surface area (Å²) >= 11 is 3.67. The summed E-state index contributed by atoms with van der Waals surface area (Å²) in [5.41, 5.74) is 0. The lowest BCUT2D eigenvalue weighted by atomic mass is 9.95. The Kier molecular flexibility index (Phi) is 10.8. The lowest BCUT2D eigenvalue weighted by molar-refractivity contribution is -0.127. The molecule has 2 unspecified atom stereocenters. The molecule has 1 aromatic heterocycles. The van der Waals surface area contributed by atoms with Gasteiger partial charge in [-0.15, -0.1) is 35.3 Å². The summed E-state index contributed by atoms with van der Waals surface area (Å²) in [7, 11) is 3.52. The highest BCUT2D eigenvalue weighted by Crippen LogP contribution is 2.26. The fourth-order valence-electron chi connectivity index (χ4n) is 2.71. The van der Waals surface area contributed by atoms with Crippen molar-refractivity contribution in [2.45, 2.75) is 43.5 Å². The van der Waals surface area contributed by atoms with E-state index in [-0.39, 0.29) is 36.4 Å². The predicted molar refractivity (Wildman–Crippen MR) is 120 cm³/mol. The molecule has 0 radical (unpaired) electrons. The minimum absolute atomic E-state index is 0. The molecule has 1 aliphatic carbocycles. The van der Waals surface area contributed by atoms with E-state index in [1.807, 2.05) is 17.8 Å². The standard InChI is InChI=1S/C17H28N4OS2.HI/c1-21(2)16(22)12-19-17(18-11-15-8-5-9-24-15)20-13-6-4-7-14(10-13)23-3;/h5,8-9,13-14H,4,6-7,10-12H2,1-3H3,(H2,18,19,20);1H. The molecule has 2 rings (SSSR count). The molecule has 1 amide bonds. The first-order valence-electron chi connectivity index (χ1n) is 8.38. The van der Waals surface area contributed by atoms with Crippen molar-refractivity contribution in [2.75, 3.05) is 26.9 Å². The number of thiophene rings is 1. The van der Waals surface area contributed by atoms with Crippen molar-refractivity contribution in [1.29, 1.82) is 0 Å². The van der Waals surface area contributed by atoms with E-state index in [0.29, 0.717) is 6.04 Å². The van der Waals surface area contributed by atoms with Crippen LogP contribution in [0.4, 0.5) is 0 Å². The number of hydrogen-bond acceptors (Lipinski definition) is 4. The first-order chi connectivity index (χ1) is 11.6. The summed E-state index contributed by atoms with van der Waals surface area (Å²) in [5.74, 6) is 0.753. The van der Waals surface area contributed by atoms with Gasteiger partial charge in [0.2, 0.25) is 5.91 Å². The van der Waals surface area contributed by atoms with Gasteiger partial charge < -0.3 is 15.5 Å². The molecule has 1 fully saturated rings. The smallest absolute Gasteiger partial charge is 0.243 e. The molecule has 1 aliphatic rings. The third-order valence-electron chi connectivity index (χ3n) is 4.18. The fourth-order valence-corrected chi connectivity index (χ4v) is 4.18. The molecule has 1 heterocycles. The van der Waals surface area contributed by atoms with Gasteiger partial charge in [0, 0.05) is 30.3 Å². The molecule has 142 valence electrons. The van der Waals surface area contributed by atoms with Crippen LogP contribution in [0.5, 0.6) is 0 Å². The number of halogens is 1. The first kappa shape index (κ1) is 22.6. The van der Waals surface area contributed by atoms with Crippen LogP contribution in [-0.2, 0) is 11.3 Å². The van der Waals surface area contributed by atoms with Crippen molar-refractivity contribution < 1.29 is 4.79 Å². The molecule has 5 nitrogen and oxygen atoms in total. The Hall–Kier alpha value is -0.480. The molecular formula is C17H29IN4OS2. The van der Waals surface area contributed by atoms with E-state index in [0.717, 1.165) is 24.2 Å². The zero-order valence-electron chi connectivity index (χ0n) is 15.2. The van der Waals surface area contributed by atoms with E-state index in [2.05, 4.69) is 33.3 Å². The monoisotopic (exact) mass is 496 g/mol. The minimum atomic E-state index is 0.